The van der Waals surface area contributed by atoms with Crippen LogP contribution < -0.4 is 5.32 Å². The van der Waals surface area contributed by atoms with Crippen molar-refractivity contribution in [1.82, 2.24) is 14.7 Å². The Bertz CT molecular complexity index is 1520. The number of para-hydroxylation sites is 1. The number of carboxylic acids is 1. The molecule has 1 saturated heterocycles. The number of alkyl halides is 1. The molecule has 1 saturated carbocycles. The van der Waals surface area contributed by atoms with Crippen LogP contribution in [-0.4, -0.2) is 76.1 Å². The average molecular weight is 721 g/mol. The van der Waals surface area contributed by atoms with Crippen LogP contribution in [0.15, 0.2) is 36.4 Å². The number of fused-ring (bicyclic) bond motifs is 1. The first-order valence-electron chi connectivity index (χ1n) is 14.9. The van der Waals surface area contributed by atoms with Crippen LogP contribution in [0.2, 0.25) is 0 Å². The molecule has 10 nitrogen and oxygen atoms in total. The predicted molar refractivity (Wildman–Crippen MR) is 171 cm³/mol. The summed E-state index contributed by atoms with van der Waals surface area (Å²) in [5.41, 5.74) is 2.38. The first-order valence-corrected chi connectivity index (χ1v) is 16.5. The Hall–Kier alpha value is -3.10. The lowest BCUT2D eigenvalue weighted by Crippen LogP contribution is -2.46. The van der Waals surface area contributed by atoms with Crippen molar-refractivity contribution < 1.29 is 33.4 Å². The van der Waals surface area contributed by atoms with Crippen molar-refractivity contribution in [1.29, 1.82) is 0 Å². The van der Waals surface area contributed by atoms with Gasteiger partial charge in [-0.3, -0.25) is 19.1 Å². The number of hydrogen-bond donors (Lipinski definition) is 2. The highest BCUT2D eigenvalue weighted by atomic mass is 127. The largest absolute Gasteiger partial charge is 0.481 e. The summed E-state index contributed by atoms with van der Waals surface area (Å²) in [5.74, 6) is -2.28. The highest BCUT2D eigenvalue weighted by Gasteiger charge is 2.38. The molecular weight excluding hydrogens is 682 g/mol. The Balaban J connectivity index is 1.27. The van der Waals surface area contributed by atoms with Crippen molar-refractivity contribution in [2.45, 2.75) is 67.6 Å². The van der Waals surface area contributed by atoms with Crippen LogP contribution in [0.4, 0.5) is 10.1 Å². The maximum Gasteiger partial charge on any atom is 0.306 e. The van der Waals surface area contributed by atoms with Gasteiger partial charge in [-0.2, -0.15) is 5.10 Å². The van der Waals surface area contributed by atoms with E-state index in [1.807, 2.05) is 24.3 Å². The quantitative estimate of drug-likeness (QED) is 0.209. The third-order valence-electron chi connectivity index (χ3n) is 8.79. The monoisotopic (exact) mass is 720 g/mol. The molecule has 1 aliphatic heterocycles. The number of anilines is 1. The molecule has 1 aromatic heterocycles. The Kier molecular flexibility index (Phi) is 10.5. The van der Waals surface area contributed by atoms with E-state index in [4.69, 9.17) is 9.47 Å². The van der Waals surface area contributed by atoms with Gasteiger partial charge in [-0.1, -0.05) is 40.8 Å². The molecule has 0 unspecified atom stereocenters. The SMILES string of the molecule is COC[C@@H]1CC[C@@H](COC2CCC(C(=O)O)CC2)N1C(=O)Cc1cc(CI)c(NC(=O)c2nn(C)c3ccccc23)cc1F. The van der Waals surface area contributed by atoms with E-state index in [0.717, 1.165) is 18.4 Å². The Labute approximate surface area is 269 Å². The van der Waals surface area contributed by atoms with Crippen molar-refractivity contribution >= 4 is 57.0 Å². The highest BCUT2D eigenvalue weighted by molar-refractivity contribution is 14.1. The van der Waals surface area contributed by atoms with Gasteiger partial charge in [0.25, 0.3) is 5.91 Å². The Morgan fingerprint density at radius 3 is 2.43 bits per heavy atom. The number of methoxy groups -OCH3 is 1. The second kappa shape index (κ2) is 14.3. The molecule has 5 rings (SSSR count). The highest BCUT2D eigenvalue weighted by Crippen LogP contribution is 2.31. The topological polar surface area (TPSA) is 123 Å². The van der Waals surface area contributed by atoms with Crippen LogP contribution in [0.1, 0.15) is 60.1 Å². The van der Waals surface area contributed by atoms with Gasteiger partial charge in [0.15, 0.2) is 5.69 Å². The molecule has 2 atom stereocenters. The van der Waals surface area contributed by atoms with Crippen LogP contribution in [0.25, 0.3) is 10.9 Å². The summed E-state index contributed by atoms with van der Waals surface area (Å²) in [6, 6.07) is 10.0. The van der Waals surface area contributed by atoms with Gasteiger partial charge in [-0.15, -0.1) is 0 Å². The molecule has 3 aromatic rings. The average Bonchev–Trinajstić information content (AvgIpc) is 3.58. The maximum absolute atomic E-state index is 15.5. The Morgan fingerprint density at radius 2 is 1.75 bits per heavy atom. The minimum absolute atomic E-state index is 0.0282. The molecule has 2 amide bonds. The fraction of sp³-hybridized carbons (Fsp3) is 0.500. The summed E-state index contributed by atoms with van der Waals surface area (Å²) in [7, 11) is 3.36. The minimum atomic E-state index is -0.756. The van der Waals surface area contributed by atoms with Gasteiger partial charge in [0.05, 0.1) is 49.3 Å². The van der Waals surface area contributed by atoms with Crippen molar-refractivity contribution in [3.05, 3.63) is 59.0 Å². The summed E-state index contributed by atoms with van der Waals surface area (Å²) in [6.07, 6.45) is 3.90. The summed E-state index contributed by atoms with van der Waals surface area (Å²) in [4.78, 5) is 40.0. The number of aliphatic carboxylic acids is 1. The van der Waals surface area contributed by atoms with Crippen molar-refractivity contribution in [3.63, 3.8) is 0 Å². The fourth-order valence-electron chi connectivity index (χ4n) is 6.46. The Morgan fingerprint density at radius 1 is 1.05 bits per heavy atom. The van der Waals surface area contributed by atoms with Crippen LogP contribution in [0, 0.1) is 11.7 Å². The lowest BCUT2D eigenvalue weighted by atomic mass is 9.87. The van der Waals surface area contributed by atoms with E-state index >= 15 is 4.39 Å². The zero-order chi connectivity index (χ0) is 31.4. The van der Waals surface area contributed by atoms with Crippen LogP contribution in [0.3, 0.4) is 0 Å². The number of nitrogens with one attached hydrogen (secondary N) is 1. The van der Waals surface area contributed by atoms with Gasteiger partial charge in [-0.25, -0.2) is 4.39 Å². The van der Waals surface area contributed by atoms with Gasteiger partial charge in [0.1, 0.15) is 5.82 Å². The van der Waals surface area contributed by atoms with Gasteiger partial charge in [0.2, 0.25) is 5.91 Å². The van der Waals surface area contributed by atoms with Crippen molar-refractivity contribution in [3.8, 4) is 0 Å². The standard InChI is InChI=1S/C32H38FIN4O6/c1-37-28-6-4-3-5-25(28)30(36-37)31(40)35-27-15-26(33)20(13-21(27)16-34)14-29(39)38-22(17-43-2)9-10-23(38)18-44-24-11-7-19(8-12-24)32(41)42/h3-6,13,15,19,22-24H,7-12,14,16-18H2,1-2H3,(H,35,40)(H,41,42)/t19?,22-,23-,24?/m0/s1. The van der Waals surface area contributed by atoms with E-state index < -0.39 is 17.7 Å². The number of halogens is 2. The fourth-order valence-corrected chi connectivity index (χ4v) is 7.09. The van der Waals surface area contributed by atoms with Crippen LogP contribution in [-0.2, 0) is 37.0 Å². The van der Waals surface area contributed by atoms with Gasteiger partial charge < -0.3 is 24.8 Å². The zero-order valence-corrected chi connectivity index (χ0v) is 27.1. The molecule has 12 heteroatoms. The van der Waals surface area contributed by atoms with Crippen LogP contribution in [0.5, 0.6) is 0 Å². The molecule has 2 N–H and O–H groups in total. The lowest BCUT2D eigenvalue weighted by molar-refractivity contribution is -0.144. The lowest BCUT2D eigenvalue weighted by Gasteiger charge is -2.32. The molecule has 2 heterocycles. The number of benzene rings is 2. The first kappa shape index (κ1) is 32.3. The second-order valence-electron chi connectivity index (χ2n) is 11.6. The number of carbonyl (C=O) groups excluding carboxylic acids is 2. The predicted octanol–water partition coefficient (Wildman–Crippen LogP) is 5.11. The molecule has 0 bridgehead atoms. The smallest absolute Gasteiger partial charge is 0.306 e. The molecule has 44 heavy (non-hydrogen) atoms. The number of carboxylic acid groups (broad SMARTS) is 1. The molecule has 236 valence electrons. The van der Waals surface area contributed by atoms with E-state index in [1.54, 1.807) is 29.8 Å². The number of likely N-dealkylation sites (tertiary alicyclic amines) is 1. The number of rotatable bonds is 11. The number of aromatic nitrogens is 2. The third kappa shape index (κ3) is 7.07. The first-order chi connectivity index (χ1) is 21.2. The van der Waals surface area contributed by atoms with Crippen molar-refractivity contribution in [2.75, 3.05) is 25.6 Å². The molecule has 1 aliphatic carbocycles. The minimum Gasteiger partial charge on any atom is -0.481 e. The maximum atomic E-state index is 15.5. The number of amides is 2. The number of ether oxygens (including phenoxy) is 2. The normalized spacial score (nSPS) is 22.0. The summed E-state index contributed by atoms with van der Waals surface area (Å²) in [6.45, 7) is 0.726. The number of nitrogens with zero attached hydrogens (tertiary/aromatic N) is 3. The molecule has 0 radical (unpaired) electrons. The van der Waals surface area contributed by atoms with E-state index in [2.05, 4.69) is 33.0 Å². The molecule has 0 spiro atoms. The summed E-state index contributed by atoms with van der Waals surface area (Å²) < 4.78 is 29.2. The van der Waals surface area contributed by atoms with E-state index in [-0.39, 0.29) is 47.7 Å². The van der Waals surface area contributed by atoms with E-state index in [0.29, 0.717) is 60.0 Å². The molecular formula is C32H38FIN4O6. The number of aryl methyl sites for hydroxylation is 1. The zero-order valence-electron chi connectivity index (χ0n) is 24.9. The van der Waals surface area contributed by atoms with Gasteiger partial charge >= 0.3 is 5.97 Å². The van der Waals surface area contributed by atoms with E-state index in [9.17, 15) is 19.5 Å². The van der Waals surface area contributed by atoms with Crippen molar-refractivity contribution in [2.24, 2.45) is 13.0 Å². The van der Waals surface area contributed by atoms with E-state index in [1.165, 1.54) is 6.07 Å². The molecule has 2 fully saturated rings. The van der Waals surface area contributed by atoms with Crippen LogP contribution >= 0.6 is 22.6 Å². The molecule has 2 aliphatic rings. The third-order valence-corrected chi connectivity index (χ3v) is 9.62. The number of carbonyl (C=O) groups is 3. The second-order valence-corrected chi connectivity index (χ2v) is 12.4. The van der Waals surface area contributed by atoms with Gasteiger partial charge in [0, 0.05) is 29.7 Å². The number of hydrogen-bond acceptors (Lipinski definition) is 6. The summed E-state index contributed by atoms with van der Waals surface area (Å²) >= 11 is 2.16. The molecule has 2 aromatic carbocycles. The van der Waals surface area contributed by atoms with Gasteiger partial charge in [-0.05, 0) is 67.9 Å². The summed E-state index contributed by atoms with van der Waals surface area (Å²) in [5, 5.41) is 17.2.